The van der Waals surface area contributed by atoms with E-state index in [2.05, 4.69) is 0 Å². The number of hydrogen-bond acceptors (Lipinski definition) is 2. The second kappa shape index (κ2) is 7.91. The molecule has 0 fully saturated rings. The molecule has 136 valence electrons. The summed E-state index contributed by atoms with van der Waals surface area (Å²) in [4.78, 5) is 13.9. The molecule has 0 aliphatic rings. The van der Waals surface area contributed by atoms with Gasteiger partial charge in [-0.25, -0.2) is 0 Å². The van der Waals surface area contributed by atoms with E-state index in [-0.39, 0.29) is 5.57 Å². The van der Waals surface area contributed by atoms with Gasteiger partial charge in [0.1, 0.15) is 11.6 Å². The quantitative estimate of drug-likeness (QED) is 0.590. The highest BCUT2D eigenvalue weighted by Crippen LogP contribution is 2.30. The molecule has 0 radical (unpaired) electrons. The van der Waals surface area contributed by atoms with Crippen LogP contribution in [0.15, 0.2) is 48.2 Å². The molecular weight excluding hydrogens is 343 g/mol. The van der Waals surface area contributed by atoms with Crippen LogP contribution in [-0.4, -0.2) is 28.5 Å². The lowest BCUT2D eigenvalue weighted by Gasteiger charge is -2.18. The third-order valence-electron chi connectivity index (χ3n) is 3.93. The van der Waals surface area contributed by atoms with Crippen LogP contribution in [0.1, 0.15) is 25.1 Å². The molecule has 2 rings (SSSR count). The molecule has 7 heteroatoms. The summed E-state index contributed by atoms with van der Waals surface area (Å²) in [5.41, 5.74) is -0.0935. The number of nitrogens with zero attached hydrogens (tertiary/aromatic N) is 3. The second-order valence-corrected chi connectivity index (χ2v) is 5.50. The minimum absolute atomic E-state index is 0.0689. The lowest BCUT2D eigenvalue weighted by Crippen LogP contribution is -2.31. The largest absolute Gasteiger partial charge is 0.416 e. The maximum Gasteiger partial charge on any atom is 0.416 e. The summed E-state index contributed by atoms with van der Waals surface area (Å²) in [7, 11) is 0. The van der Waals surface area contributed by atoms with Crippen molar-refractivity contribution in [2.75, 3.05) is 13.1 Å². The van der Waals surface area contributed by atoms with Crippen molar-refractivity contribution >= 4 is 12.0 Å². The van der Waals surface area contributed by atoms with Gasteiger partial charge in [0.25, 0.3) is 5.91 Å². The van der Waals surface area contributed by atoms with Gasteiger partial charge in [0.2, 0.25) is 0 Å². The van der Waals surface area contributed by atoms with Crippen LogP contribution in [0.4, 0.5) is 13.2 Å². The van der Waals surface area contributed by atoms with E-state index >= 15 is 0 Å². The van der Waals surface area contributed by atoms with Crippen LogP contribution in [0.2, 0.25) is 0 Å². The van der Waals surface area contributed by atoms with E-state index in [1.54, 1.807) is 18.3 Å². The van der Waals surface area contributed by atoms with E-state index in [1.807, 2.05) is 19.9 Å². The molecule has 26 heavy (non-hydrogen) atoms. The van der Waals surface area contributed by atoms with Crippen LogP contribution >= 0.6 is 0 Å². The molecule has 0 spiro atoms. The average molecular weight is 361 g/mol. The van der Waals surface area contributed by atoms with E-state index in [4.69, 9.17) is 0 Å². The molecule has 0 unspecified atom stereocenters. The Hall–Kier alpha value is -3.01. The first-order valence-corrected chi connectivity index (χ1v) is 8.07. The SMILES string of the molecule is CCN(CC)C(=O)/C(C#N)=C\c1cccn1-c1cccc(C(F)(F)F)c1. The van der Waals surface area contributed by atoms with Crippen molar-refractivity contribution in [1.82, 2.24) is 9.47 Å². The molecule has 0 aliphatic heterocycles. The summed E-state index contributed by atoms with van der Waals surface area (Å²) < 4.78 is 40.3. The van der Waals surface area contributed by atoms with Crippen LogP contribution in [0.25, 0.3) is 11.8 Å². The van der Waals surface area contributed by atoms with E-state index in [9.17, 15) is 23.2 Å². The molecule has 1 amide bonds. The summed E-state index contributed by atoms with van der Waals surface area (Å²) in [6.45, 7) is 4.54. The fraction of sp³-hybridized carbons (Fsp3) is 0.263. The standard InChI is InChI=1S/C19H18F3N3O/c1-3-24(4-2)18(26)14(13-23)11-16-9-6-10-25(16)17-8-5-7-15(12-17)19(20,21)22/h5-12H,3-4H2,1-2H3/b14-11-. The zero-order chi connectivity index (χ0) is 19.3. The number of aromatic nitrogens is 1. The number of benzene rings is 1. The van der Waals surface area contributed by atoms with Crippen molar-refractivity contribution in [2.45, 2.75) is 20.0 Å². The topological polar surface area (TPSA) is 49.0 Å². The van der Waals surface area contributed by atoms with Crippen molar-refractivity contribution in [3.05, 3.63) is 59.4 Å². The molecule has 0 bridgehead atoms. The smallest absolute Gasteiger partial charge is 0.339 e. The first-order chi connectivity index (χ1) is 12.3. The van der Waals surface area contributed by atoms with Crippen LogP contribution in [0, 0.1) is 11.3 Å². The van der Waals surface area contributed by atoms with Crippen molar-refractivity contribution in [1.29, 1.82) is 5.26 Å². The first kappa shape index (κ1) is 19.3. The average Bonchev–Trinajstić information content (AvgIpc) is 3.08. The number of amides is 1. The zero-order valence-electron chi connectivity index (χ0n) is 14.4. The Labute approximate surface area is 149 Å². The van der Waals surface area contributed by atoms with Gasteiger partial charge in [0, 0.05) is 30.7 Å². The number of halogens is 3. The van der Waals surface area contributed by atoms with Crippen LogP contribution in [0.3, 0.4) is 0 Å². The van der Waals surface area contributed by atoms with E-state index in [1.165, 1.54) is 27.7 Å². The van der Waals surface area contributed by atoms with Crippen LogP contribution < -0.4 is 0 Å². The van der Waals surface area contributed by atoms with Crippen molar-refractivity contribution in [3.63, 3.8) is 0 Å². The maximum atomic E-state index is 12.9. The van der Waals surface area contributed by atoms with E-state index in [0.29, 0.717) is 24.5 Å². The number of nitriles is 1. The van der Waals surface area contributed by atoms with Gasteiger partial charge in [-0.1, -0.05) is 6.07 Å². The fourth-order valence-corrected chi connectivity index (χ4v) is 2.55. The van der Waals surface area contributed by atoms with Gasteiger partial charge in [-0.05, 0) is 50.3 Å². The lowest BCUT2D eigenvalue weighted by atomic mass is 10.1. The second-order valence-electron chi connectivity index (χ2n) is 5.50. The van der Waals surface area contributed by atoms with E-state index in [0.717, 1.165) is 12.1 Å². The highest BCUT2D eigenvalue weighted by Gasteiger charge is 2.30. The molecule has 4 nitrogen and oxygen atoms in total. The minimum Gasteiger partial charge on any atom is -0.339 e. The molecule has 2 aromatic rings. The van der Waals surface area contributed by atoms with Gasteiger partial charge in [0.15, 0.2) is 0 Å². The molecule has 0 atom stereocenters. The Morgan fingerprint density at radius 3 is 2.50 bits per heavy atom. The van der Waals surface area contributed by atoms with Gasteiger partial charge < -0.3 is 9.47 Å². The molecule has 0 N–H and O–H groups in total. The number of hydrogen-bond donors (Lipinski definition) is 0. The Morgan fingerprint density at radius 1 is 1.23 bits per heavy atom. The predicted octanol–water partition coefficient (Wildman–Crippen LogP) is 4.27. The maximum absolute atomic E-state index is 12.9. The van der Waals surface area contributed by atoms with Gasteiger partial charge in [-0.2, -0.15) is 18.4 Å². The van der Waals surface area contributed by atoms with Crippen molar-refractivity contribution < 1.29 is 18.0 Å². The van der Waals surface area contributed by atoms with Crippen LogP contribution in [-0.2, 0) is 11.0 Å². The van der Waals surface area contributed by atoms with Gasteiger partial charge in [0.05, 0.1) is 5.56 Å². The lowest BCUT2D eigenvalue weighted by molar-refractivity contribution is -0.137. The summed E-state index contributed by atoms with van der Waals surface area (Å²) in [5.74, 6) is -0.408. The Bertz CT molecular complexity index is 855. The van der Waals surface area contributed by atoms with Gasteiger partial charge >= 0.3 is 6.18 Å². The van der Waals surface area contributed by atoms with Gasteiger partial charge in [-0.15, -0.1) is 0 Å². The highest BCUT2D eigenvalue weighted by atomic mass is 19.4. The summed E-state index contributed by atoms with van der Waals surface area (Å²) in [5, 5.41) is 9.32. The molecule has 1 heterocycles. The number of likely N-dealkylation sites (N-methyl/N-ethyl adjacent to an activating group) is 1. The van der Waals surface area contributed by atoms with Crippen molar-refractivity contribution in [3.8, 4) is 11.8 Å². The monoisotopic (exact) mass is 361 g/mol. The normalized spacial score (nSPS) is 11.9. The number of carbonyl (C=O) groups is 1. The first-order valence-electron chi connectivity index (χ1n) is 8.07. The summed E-state index contributed by atoms with van der Waals surface area (Å²) in [6, 6.07) is 10.0. The highest BCUT2D eigenvalue weighted by molar-refractivity contribution is 6.01. The molecule has 0 aliphatic carbocycles. The van der Waals surface area contributed by atoms with Gasteiger partial charge in [-0.3, -0.25) is 4.79 Å². The Balaban J connectivity index is 2.45. The molecule has 0 saturated carbocycles. The molecular formula is C19H18F3N3O. The van der Waals surface area contributed by atoms with E-state index < -0.39 is 17.6 Å². The third-order valence-corrected chi connectivity index (χ3v) is 3.93. The third kappa shape index (κ3) is 4.14. The summed E-state index contributed by atoms with van der Waals surface area (Å²) in [6.07, 6.45) is -1.48. The molecule has 0 saturated heterocycles. The predicted molar refractivity (Wildman–Crippen MR) is 92.3 cm³/mol. The van der Waals surface area contributed by atoms with Crippen molar-refractivity contribution in [2.24, 2.45) is 0 Å². The minimum atomic E-state index is -4.45. The molecule has 1 aromatic carbocycles. The summed E-state index contributed by atoms with van der Waals surface area (Å²) >= 11 is 0. The Morgan fingerprint density at radius 2 is 1.92 bits per heavy atom. The van der Waals surface area contributed by atoms with Crippen LogP contribution in [0.5, 0.6) is 0 Å². The number of carbonyl (C=O) groups excluding carboxylic acids is 1. The molecule has 1 aromatic heterocycles. The number of alkyl halides is 3. The Kier molecular flexibility index (Phi) is 5.88. The number of rotatable bonds is 5. The zero-order valence-corrected chi connectivity index (χ0v) is 14.4. The fourth-order valence-electron chi connectivity index (χ4n) is 2.55.